The van der Waals surface area contributed by atoms with E-state index in [-0.39, 0.29) is 5.91 Å². The van der Waals surface area contributed by atoms with Gasteiger partial charge in [-0.25, -0.2) is 15.0 Å². The fraction of sp³-hybridized carbons (Fsp3) is 0.333. The molecule has 3 aromatic rings. The summed E-state index contributed by atoms with van der Waals surface area (Å²) in [5, 5.41) is 5.68. The fourth-order valence-corrected chi connectivity index (χ4v) is 4.19. The summed E-state index contributed by atoms with van der Waals surface area (Å²) in [6.07, 6.45) is 1.61. The first-order valence-corrected chi connectivity index (χ1v) is 9.39. The SMILES string of the molecule is NCc1nc(C(=O)N2CCN(c3ncnc4sccc34)CC2)cs1. The number of hydrogen-bond donors (Lipinski definition) is 1. The maximum atomic E-state index is 12.5. The number of amides is 1. The molecule has 1 amide bonds. The van der Waals surface area contributed by atoms with Crippen LogP contribution in [0.1, 0.15) is 15.5 Å². The van der Waals surface area contributed by atoms with Gasteiger partial charge in [0.1, 0.15) is 27.7 Å². The zero-order valence-corrected chi connectivity index (χ0v) is 14.5. The molecule has 0 aliphatic carbocycles. The van der Waals surface area contributed by atoms with Crippen LogP contribution in [0.15, 0.2) is 23.2 Å². The number of carbonyl (C=O) groups excluding carboxylic acids is 1. The molecule has 0 bridgehead atoms. The third kappa shape index (κ3) is 2.74. The molecule has 0 spiro atoms. The standard InChI is InChI=1S/C15H16N6OS2/c16-7-12-19-11(8-24-12)15(22)21-4-2-20(3-5-21)13-10-1-6-23-14(10)18-9-17-13/h1,6,8-9H,2-5,7,16H2. The van der Waals surface area contributed by atoms with Crippen LogP contribution in [-0.4, -0.2) is 51.9 Å². The van der Waals surface area contributed by atoms with Crippen molar-refractivity contribution in [2.45, 2.75) is 6.54 Å². The number of fused-ring (bicyclic) bond motifs is 1. The summed E-state index contributed by atoms with van der Waals surface area (Å²) >= 11 is 3.04. The molecule has 9 heteroatoms. The monoisotopic (exact) mass is 360 g/mol. The van der Waals surface area contributed by atoms with Crippen LogP contribution in [0, 0.1) is 0 Å². The lowest BCUT2D eigenvalue weighted by Crippen LogP contribution is -2.49. The van der Waals surface area contributed by atoms with Gasteiger partial charge in [-0.3, -0.25) is 4.79 Å². The molecule has 0 atom stereocenters. The van der Waals surface area contributed by atoms with E-state index < -0.39 is 0 Å². The normalized spacial score (nSPS) is 15.2. The van der Waals surface area contributed by atoms with Gasteiger partial charge < -0.3 is 15.5 Å². The number of nitrogens with two attached hydrogens (primary N) is 1. The van der Waals surface area contributed by atoms with Crippen molar-refractivity contribution < 1.29 is 4.79 Å². The summed E-state index contributed by atoms with van der Waals surface area (Å²) < 4.78 is 0. The first-order chi connectivity index (χ1) is 11.8. The van der Waals surface area contributed by atoms with Crippen LogP contribution in [0.2, 0.25) is 0 Å². The van der Waals surface area contributed by atoms with Crippen molar-refractivity contribution in [3.63, 3.8) is 0 Å². The molecule has 1 saturated heterocycles. The number of nitrogens with zero attached hydrogens (tertiary/aromatic N) is 5. The van der Waals surface area contributed by atoms with Gasteiger partial charge in [0, 0.05) is 38.1 Å². The smallest absolute Gasteiger partial charge is 0.273 e. The van der Waals surface area contributed by atoms with Crippen molar-refractivity contribution in [2.75, 3.05) is 31.1 Å². The van der Waals surface area contributed by atoms with Crippen molar-refractivity contribution in [1.82, 2.24) is 19.9 Å². The number of hydrogen-bond acceptors (Lipinski definition) is 8. The quantitative estimate of drug-likeness (QED) is 0.763. The Morgan fingerprint density at radius 3 is 2.79 bits per heavy atom. The lowest BCUT2D eigenvalue weighted by atomic mass is 10.2. The number of rotatable bonds is 3. The summed E-state index contributed by atoms with van der Waals surface area (Å²) in [4.78, 5) is 30.6. The second-order valence-electron chi connectivity index (χ2n) is 5.45. The van der Waals surface area contributed by atoms with Crippen LogP contribution < -0.4 is 10.6 Å². The molecule has 4 heterocycles. The number of thiophene rings is 1. The molecule has 0 aromatic carbocycles. The summed E-state index contributed by atoms with van der Waals surface area (Å²) in [5.41, 5.74) is 6.06. The highest BCUT2D eigenvalue weighted by molar-refractivity contribution is 7.16. The Kier molecular flexibility index (Phi) is 4.13. The topological polar surface area (TPSA) is 88.2 Å². The second kappa shape index (κ2) is 6.42. The minimum Gasteiger partial charge on any atom is -0.352 e. The summed E-state index contributed by atoms with van der Waals surface area (Å²) in [7, 11) is 0. The van der Waals surface area contributed by atoms with Crippen molar-refractivity contribution in [3.05, 3.63) is 33.9 Å². The highest BCUT2D eigenvalue weighted by atomic mass is 32.1. The number of carbonyl (C=O) groups is 1. The van der Waals surface area contributed by atoms with Crippen molar-refractivity contribution in [3.8, 4) is 0 Å². The molecular formula is C15H16N6OS2. The minimum atomic E-state index is -0.0195. The maximum Gasteiger partial charge on any atom is 0.273 e. The Balaban J connectivity index is 1.47. The summed E-state index contributed by atoms with van der Waals surface area (Å²) in [6.45, 7) is 3.19. The molecule has 124 valence electrons. The Bertz CT molecular complexity index is 868. The average Bonchev–Trinajstić information content (AvgIpc) is 3.30. The van der Waals surface area contributed by atoms with E-state index in [0.717, 1.165) is 34.1 Å². The predicted octanol–water partition coefficient (Wildman–Crippen LogP) is 1.57. The molecule has 1 fully saturated rings. The van der Waals surface area contributed by atoms with Crippen LogP contribution in [0.25, 0.3) is 10.2 Å². The first kappa shape index (κ1) is 15.4. The van der Waals surface area contributed by atoms with E-state index in [1.165, 1.54) is 11.3 Å². The van der Waals surface area contributed by atoms with Gasteiger partial charge in [0.05, 0.1) is 5.39 Å². The second-order valence-corrected chi connectivity index (χ2v) is 7.28. The number of thiazole rings is 1. The molecule has 2 N–H and O–H groups in total. The van der Waals surface area contributed by atoms with Gasteiger partial charge in [-0.05, 0) is 11.4 Å². The third-order valence-electron chi connectivity index (χ3n) is 4.05. The van der Waals surface area contributed by atoms with Gasteiger partial charge >= 0.3 is 0 Å². The molecule has 7 nitrogen and oxygen atoms in total. The van der Waals surface area contributed by atoms with Gasteiger partial charge in [-0.2, -0.15) is 0 Å². The predicted molar refractivity (Wildman–Crippen MR) is 95.5 cm³/mol. The maximum absolute atomic E-state index is 12.5. The highest BCUT2D eigenvalue weighted by Gasteiger charge is 2.25. The van der Waals surface area contributed by atoms with Gasteiger partial charge in [0.2, 0.25) is 0 Å². The molecule has 1 aliphatic heterocycles. The number of aromatic nitrogens is 3. The highest BCUT2D eigenvalue weighted by Crippen LogP contribution is 2.27. The Morgan fingerprint density at radius 1 is 1.21 bits per heavy atom. The van der Waals surface area contributed by atoms with E-state index in [1.54, 1.807) is 23.0 Å². The van der Waals surface area contributed by atoms with E-state index in [9.17, 15) is 4.79 Å². The molecule has 3 aromatic heterocycles. The lowest BCUT2D eigenvalue weighted by molar-refractivity contribution is 0.0741. The van der Waals surface area contributed by atoms with Crippen molar-refractivity contribution in [2.24, 2.45) is 5.73 Å². The minimum absolute atomic E-state index is 0.0195. The van der Waals surface area contributed by atoms with Gasteiger partial charge in [0.25, 0.3) is 5.91 Å². The van der Waals surface area contributed by atoms with Crippen LogP contribution in [0.3, 0.4) is 0 Å². The lowest BCUT2D eigenvalue weighted by Gasteiger charge is -2.35. The van der Waals surface area contributed by atoms with Crippen LogP contribution in [-0.2, 0) is 6.54 Å². The number of anilines is 1. The van der Waals surface area contributed by atoms with Crippen LogP contribution in [0.5, 0.6) is 0 Å². The molecular weight excluding hydrogens is 344 g/mol. The molecule has 0 saturated carbocycles. The number of piperazine rings is 1. The van der Waals surface area contributed by atoms with E-state index >= 15 is 0 Å². The Labute approximate surface area is 146 Å². The zero-order valence-electron chi connectivity index (χ0n) is 12.9. The molecule has 4 rings (SSSR count). The fourth-order valence-electron chi connectivity index (χ4n) is 2.82. The summed E-state index contributed by atoms with van der Waals surface area (Å²) in [6, 6.07) is 2.05. The van der Waals surface area contributed by atoms with Crippen molar-refractivity contribution >= 4 is 44.6 Å². The molecule has 24 heavy (non-hydrogen) atoms. The molecule has 0 radical (unpaired) electrons. The largest absolute Gasteiger partial charge is 0.352 e. The van der Waals surface area contributed by atoms with Crippen molar-refractivity contribution in [1.29, 1.82) is 0 Å². The van der Waals surface area contributed by atoms with E-state index in [2.05, 4.69) is 25.9 Å². The van der Waals surface area contributed by atoms with E-state index in [0.29, 0.717) is 25.3 Å². The van der Waals surface area contributed by atoms with E-state index in [4.69, 9.17) is 5.73 Å². The Hall–Kier alpha value is -2.10. The first-order valence-electron chi connectivity index (χ1n) is 7.63. The van der Waals surface area contributed by atoms with Crippen LogP contribution >= 0.6 is 22.7 Å². The Morgan fingerprint density at radius 2 is 2.04 bits per heavy atom. The summed E-state index contributed by atoms with van der Waals surface area (Å²) in [5.74, 6) is 0.932. The molecule has 1 aliphatic rings. The third-order valence-corrected chi connectivity index (χ3v) is 5.74. The molecule has 0 unspecified atom stereocenters. The average molecular weight is 360 g/mol. The van der Waals surface area contributed by atoms with E-state index in [1.807, 2.05) is 10.3 Å². The van der Waals surface area contributed by atoms with Gasteiger partial charge in [-0.15, -0.1) is 22.7 Å². The van der Waals surface area contributed by atoms with Gasteiger partial charge in [-0.1, -0.05) is 0 Å². The zero-order chi connectivity index (χ0) is 16.5. The van der Waals surface area contributed by atoms with Gasteiger partial charge in [0.15, 0.2) is 0 Å². The van der Waals surface area contributed by atoms with Crippen LogP contribution in [0.4, 0.5) is 5.82 Å².